The molecule has 0 atom stereocenters. The van der Waals surface area contributed by atoms with Crippen molar-refractivity contribution in [3.8, 4) is 0 Å². The Morgan fingerprint density at radius 1 is 0.762 bits per heavy atom. The molecule has 0 fully saturated rings. The monoisotopic (exact) mass is 282 g/mol. The van der Waals surface area contributed by atoms with E-state index in [0.717, 1.165) is 0 Å². The largest absolute Gasteiger partial charge is 0.396 e. The number of carbonyl (C=O) groups is 1. The Balaban J connectivity index is 2.28. The molecule has 0 aromatic heterocycles. The van der Waals surface area contributed by atoms with Crippen molar-refractivity contribution in [3.05, 3.63) is 35.4 Å². The number of para-hydroxylation sites is 1. The number of fused-ring (bicyclic) bond motifs is 1. The van der Waals surface area contributed by atoms with Crippen molar-refractivity contribution in [1.29, 1.82) is 0 Å². The predicted molar refractivity (Wildman–Crippen MR) is 85.5 cm³/mol. The summed E-state index contributed by atoms with van der Waals surface area (Å²) in [5, 5.41) is 0. The summed E-state index contributed by atoms with van der Waals surface area (Å²) in [6, 6.07) is 6.96. The third kappa shape index (κ3) is 1.61. The van der Waals surface area contributed by atoms with Crippen molar-refractivity contribution in [2.75, 3.05) is 28.7 Å². The van der Waals surface area contributed by atoms with Crippen molar-refractivity contribution in [2.45, 2.75) is 0 Å². The van der Waals surface area contributed by atoms with Crippen LogP contribution in [0.25, 0.3) is 0 Å². The van der Waals surface area contributed by atoms with Gasteiger partial charge in [0.05, 0.1) is 39.7 Å². The maximum absolute atomic E-state index is 12.5. The van der Waals surface area contributed by atoms with Crippen LogP contribution >= 0.6 is 0 Å². The maximum atomic E-state index is 12.5. The number of Topliss-reactive ketones (excluding diaryl/α,β-unsaturated/α-hetero) is 1. The van der Waals surface area contributed by atoms with Gasteiger partial charge in [-0.15, -0.1) is 0 Å². The van der Waals surface area contributed by atoms with Crippen LogP contribution in [-0.4, -0.2) is 11.5 Å². The van der Waals surface area contributed by atoms with Gasteiger partial charge in [-0.25, -0.2) is 4.99 Å². The van der Waals surface area contributed by atoms with Crippen LogP contribution in [0.15, 0.2) is 29.3 Å². The molecule has 0 saturated carbocycles. The lowest BCUT2D eigenvalue weighted by Crippen LogP contribution is -2.19. The van der Waals surface area contributed by atoms with Crippen molar-refractivity contribution in [3.63, 3.8) is 0 Å². The molecule has 0 aliphatic carbocycles. The van der Waals surface area contributed by atoms with Crippen LogP contribution in [0, 0.1) is 0 Å². The molecule has 0 saturated heterocycles. The number of hydrogen-bond donors (Lipinski definition) is 5. The molecule has 2 aromatic carbocycles. The lowest BCUT2D eigenvalue weighted by Gasteiger charge is -2.16. The Kier molecular flexibility index (Phi) is 2.52. The summed E-state index contributed by atoms with van der Waals surface area (Å²) in [4.78, 5) is 16.7. The number of hydrogen-bond acceptors (Lipinski definition) is 7. The van der Waals surface area contributed by atoms with E-state index in [1.165, 1.54) is 0 Å². The first-order valence-corrected chi connectivity index (χ1v) is 6.17. The second-order valence-corrected chi connectivity index (χ2v) is 4.75. The maximum Gasteiger partial charge on any atom is 0.214 e. The molecular weight excluding hydrogens is 268 g/mol. The lowest BCUT2D eigenvalue weighted by molar-refractivity contribution is 0.107. The van der Waals surface area contributed by atoms with Gasteiger partial charge in [0.15, 0.2) is 0 Å². The number of nitrogens with two attached hydrogens (primary N) is 5. The third-order valence-electron chi connectivity index (χ3n) is 3.53. The zero-order valence-electron chi connectivity index (χ0n) is 11.1. The molecule has 0 spiro atoms. The van der Waals surface area contributed by atoms with Crippen LogP contribution in [-0.2, 0) is 0 Å². The summed E-state index contributed by atoms with van der Waals surface area (Å²) in [6.45, 7) is 0. The zero-order valence-corrected chi connectivity index (χ0v) is 11.1. The highest BCUT2D eigenvalue weighted by atomic mass is 16.1. The van der Waals surface area contributed by atoms with Gasteiger partial charge < -0.3 is 28.7 Å². The Hall–Kier alpha value is -3.22. The van der Waals surface area contributed by atoms with Gasteiger partial charge in [-0.2, -0.15) is 0 Å². The van der Waals surface area contributed by atoms with E-state index in [1.54, 1.807) is 24.3 Å². The standard InChI is InChI=1S/C14H14N6O/c15-8-7(9(16)11(18)12(19)10(8)17)13-14(21)5-3-1-2-4-6(5)20-13/h1-4H,15-19H2. The van der Waals surface area contributed by atoms with Crippen molar-refractivity contribution in [1.82, 2.24) is 0 Å². The molecule has 1 heterocycles. The van der Waals surface area contributed by atoms with E-state index in [1.807, 2.05) is 0 Å². The SMILES string of the molecule is Nc1c(N)c(N)c(C2=Nc3ccccc3C2=O)c(N)c1N. The zero-order chi connectivity index (χ0) is 15.3. The number of rotatable bonds is 1. The number of benzene rings is 2. The fourth-order valence-corrected chi connectivity index (χ4v) is 2.34. The summed E-state index contributed by atoms with van der Waals surface area (Å²) >= 11 is 0. The van der Waals surface area contributed by atoms with E-state index >= 15 is 0 Å². The van der Waals surface area contributed by atoms with E-state index in [9.17, 15) is 4.79 Å². The fraction of sp³-hybridized carbons (Fsp3) is 0. The van der Waals surface area contributed by atoms with Crippen LogP contribution in [0.4, 0.5) is 34.1 Å². The van der Waals surface area contributed by atoms with Gasteiger partial charge in [-0.3, -0.25) is 4.79 Å². The minimum atomic E-state index is -0.271. The Morgan fingerprint density at radius 2 is 1.29 bits per heavy atom. The molecule has 1 aliphatic rings. The first-order valence-electron chi connectivity index (χ1n) is 6.17. The normalized spacial score (nSPS) is 13.1. The van der Waals surface area contributed by atoms with Crippen molar-refractivity contribution >= 4 is 45.6 Å². The van der Waals surface area contributed by atoms with E-state index in [-0.39, 0.29) is 45.5 Å². The van der Waals surface area contributed by atoms with Crippen LogP contribution in [0.2, 0.25) is 0 Å². The lowest BCUT2D eigenvalue weighted by atomic mass is 9.97. The summed E-state index contributed by atoms with van der Waals surface area (Å²) in [6.07, 6.45) is 0. The molecule has 7 nitrogen and oxygen atoms in total. The third-order valence-corrected chi connectivity index (χ3v) is 3.53. The second-order valence-electron chi connectivity index (χ2n) is 4.75. The molecule has 0 amide bonds. The minimum Gasteiger partial charge on any atom is -0.396 e. The predicted octanol–water partition coefficient (Wildman–Crippen LogP) is 0.915. The molecule has 0 radical (unpaired) electrons. The molecule has 7 heteroatoms. The number of ketones is 1. The highest BCUT2D eigenvalue weighted by Gasteiger charge is 2.30. The summed E-state index contributed by atoms with van der Waals surface area (Å²) in [7, 11) is 0. The Morgan fingerprint density at radius 3 is 1.86 bits per heavy atom. The Bertz CT molecular complexity index is 795. The average molecular weight is 282 g/mol. The van der Waals surface area contributed by atoms with Gasteiger partial charge >= 0.3 is 0 Å². The van der Waals surface area contributed by atoms with E-state index in [0.29, 0.717) is 11.3 Å². The van der Waals surface area contributed by atoms with Crippen LogP contribution in [0.5, 0.6) is 0 Å². The molecule has 2 aromatic rings. The minimum absolute atomic E-state index is 0.100. The molecule has 3 rings (SSSR count). The first kappa shape index (κ1) is 12.8. The number of anilines is 5. The summed E-state index contributed by atoms with van der Waals surface area (Å²) < 4.78 is 0. The quantitative estimate of drug-likeness (QED) is 0.489. The van der Waals surface area contributed by atoms with Gasteiger partial charge in [-0.05, 0) is 12.1 Å². The van der Waals surface area contributed by atoms with Gasteiger partial charge in [0, 0.05) is 5.56 Å². The smallest absolute Gasteiger partial charge is 0.214 e. The van der Waals surface area contributed by atoms with Gasteiger partial charge in [0.2, 0.25) is 5.78 Å². The van der Waals surface area contributed by atoms with E-state index < -0.39 is 0 Å². The number of nitrogen functional groups attached to an aromatic ring is 5. The summed E-state index contributed by atoms with van der Waals surface area (Å²) in [5.74, 6) is -0.271. The molecular formula is C14H14N6O. The van der Waals surface area contributed by atoms with Crippen LogP contribution in [0.3, 0.4) is 0 Å². The molecule has 0 bridgehead atoms. The Labute approximate surface area is 120 Å². The van der Waals surface area contributed by atoms with Crippen LogP contribution < -0.4 is 28.7 Å². The van der Waals surface area contributed by atoms with Gasteiger partial charge in [-0.1, -0.05) is 12.1 Å². The average Bonchev–Trinajstić information content (AvgIpc) is 2.81. The fourth-order valence-electron chi connectivity index (χ4n) is 2.34. The van der Waals surface area contributed by atoms with E-state index in [4.69, 9.17) is 28.7 Å². The molecule has 1 aliphatic heterocycles. The molecule has 106 valence electrons. The van der Waals surface area contributed by atoms with Crippen molar-refractivity contribution in [2.24, 2.45) is 4.99 Å². The van der Waals surface area contributed by atoms with Crippen LogP contribution in [0.1, 0.15) is 15.9 Å². The molecule has 21 heavy (non-hydrogen) atoms. The van der Waals surface area contributed by atoms with Gasteiger partial charge in [0.1, 0.15) is 5.71 Å². The topological polar surface area (TPSA) is 160 Å². The van der Waals surface area contributed by atoms with Gasteiger partial charge in [0.25, 0.3) is 0 Å². The van der Waals surface area contributed by atoms with E-state index in [2.05, 4.69) is 4.99 Å². The summed E-state index contributed by atoms with van der Waals surface area (Å²) in [5.41, 5.74) is 31.2. The number of aliphatic imine (C=N–C) groups is 1. The first-order chi connectivity index (χ1) is 9.93. The second kappa shape index (κ2) is 4.14. The van der Waals surface area contributed by atoms with Crippen molar-refractivity contribution < 1.29 is 4.79 Å². The molecule has 10 N–H and O–H groups in total. The highest BCUT2D eigenvalue weighted by molar-refractivity contribution is 6.56. The number of nitrogens with zero attached hydrogens (tertiary/aromatic N) is 1. The number of carbonyl (C=O) groups excluding carboxylic acids is 1. The highest BCUT2D eigenvalue weighted by Crippen LogP contribution is 2.41. The molecule has 0 unspecified atom stereocenters.